The molecule has 0 bridgehead atoms. The number of aromatic nitrogens is 2. The first-order chi connectivity index (χ1) is 21.4. The predicted octanol–water partition coefficient (Wildman–Crippen LogP) is 10.2. The van der Waals surface area contributed by atoms with Crippen molar-refractivity contribution in [2.45, 2.75) is 26.2 Å². The lowest BCUT2D eigenvalue weighted by Crippen LogP contribution is -2.10. The second kappa shape index (κ2) is 9.42. The van der Waals surface area contributed by atoms with Gasteiger partial charge in [-0.2, -0.15) is 5.26 Å². The lowest BCUT2D eigenvalue weighted by Gasteiger charge is -2.19. The van der Waals surface area contributed by atoms with E-state index in [1.807, 2.05) is 30.3 Å². The van der Waals surface area contributed by atoms with Gasteiger partial charge >= 0.3 is 0 Å². The summed E-state index contributed by atoms with van der Waals surface area (Å²) in [7, 11) is 0. The van der Waals surface area contributed by atoms with Gasteiger partial charge in [-0.25, -0.2) is 0 Å². The Kier molecular flexibility index (Phi) is 5.57. The Bertz CT molecular complexity index is 2460. The van der Waals surface area contributed by atoms with Crippen molar-refractivity contribution in [2.24, 2.45) is 0 Å². The number of nitrogens with one attached hydrogen (secondary N) is 1. The Balaban J connectivity index is 1.49. The molecule has 0 unspecified atom stereocenters. The fraction of sp³-hybridized carbons (Fsp3) is 0.100. The zero-order chi connectivity index (χ0) is 30.2. The summed E-state index contributed by atoms with van der Waals surface area (Å²) in [5.41, 5.74) is 8.11. The van der Waals surface area contributed by atoms with Gasteiger partial charge in [-0.15, -0.1) is 0 Å². The van der Waals surface area contributed by atoms with Crippen LogP contribution < -0.4 is 0 Å². The lowest BCUT2D eigenvalue weighted by atomic mass is 9.86. The zero-order valence-electron chi connectivity index (χ0n) is 24.9. The maximum absolute atomic E-state index is 10.7. The highest BCUT2D eigenvalue weighted by Crippen LogP contribution is 2.41. The average Bonchev–Trinajstić information content (AvgIpc) is 3.56. The predicted molar refractivity (Wildman–Crippen MR) is 184 cm³/mol. The third kappa shape index (κ3) is 3.60. The van der Waals surface area contributed by atoms with Crippen LogP contribution in [0, 0.1) is 16.7 Å². The van der Waals surface area contributed by atoms with E-state index in [9.17, 15) is 5.26 Å². The van der Waals surface area contributed by atoms with Crippen molar-refractivity contribution < 1.29 is 0 Å². The van der Waals surface area contributed by atoms with Crippen molar-refractivity contribution >= 4 is 60.6 Å². The molecule has 0 aliphatic rings. The number of rotatable bonds is 3. The van der Waals surface area contributed by atoms with Crippen LogP contribution in [-0.2, 0) is 5.41 Å². The average molecular weight is 567 g/mol. The van der Waals surface area contributed by atoms with Crippen LogP contribution in [-0.4, -0.2) is 15.3 Å². The number of fused-ring (bicyclic) bond motifs is 8. The van der Waals surface area contributed by atoms with Gasteiger partial charge in [-0.05, 0) is 64.2 Å². The molecule has 6 aromatic carbocycles. The molecule has 0 fully saturated rings. The number of benzene rings is 6. The molecule has 0 atom stereocenters. The quantitative estimate of drug-likeness (QED) is 0.213. The van der Waals surface area contributed by atoms with E-state index in [4.69, 9.17) is 5.41 Å². The molecular formula is C40H30N4. The summed E-state index contributed by atoms with van der Waals surface area (Å²) < 4.78 is 4.40. The Morgan fingerprint density at radius 3 is 1.84 bits per heavy atom. The highest BCUT2D eigenvalue weighted by molar-refractivity contribution is 6.21. The van der Waals surface area contributed by atoms with Crippen molar-refractivity contribution in [3.05, 3.63) is 132 Å². The van der Waals surface area contributed by atoms with Gasteiger partial charge in [0.05, 0.1) is 39.0 Å². The fourth-order valence-electron chi connectivity index (χ4n) is 6.94. The molecule has 4 nitrogen and oxygen atoms in total. The van der Waals surface area contributed by atoms with Gasteiger partial charge in [0, 0.05) is 33.3 Å². The molecule has 210 valence electrons. The minimum atomic E-state index is -0.00868. The minimum absolute atomic E-state index is 0.00868. The second-order valence-corrected chi connectivity index (χ2v) is 12.5. The summed E-state index contributed by atoms with van der Waals surface area (Å²) in [6.07, 6.45) is 1.34. The number of nitriles is 1. The Morgan fingerprint density at radius 2 is 1.18 bits per heavy atom. The molecule has 0 spiro atoms. The summed E-state index contributed by atoms with van der Waals surface area (Å²) in [4.78, 5) is 0. The van der Waals surface area contributed by atoms with Crippen LogP contribution in [0.1, 0.15) is 37.5 Å². The molecule has 2 aromatic heterocycles. The Morgan fingerprint density at radius 1 is 0.614 bits per heavy atom. The standard InChI is InChI=1S/C40H30N4/c1-40(2,3)26-17-19-35-30(22-26)39-27-11-5-4-10-25(27)16-18-38(39)44(35)37-21-20-36(31(23-41)32(37)24-42)43-33-14-8-6-12-28(33)29-13-7-9-15-34(29)43/h4-22,24,42H,1-3H3. The highest BCUT2D eigenvalue weighted by atomic mass is 15.0. The molecule has 0 aliphatic heterocycles. The third-order valence-corrected chi connectivity index (χ3v) is 9.04. The van der Waals surface area contributed by atoms with Crippen LogP contribution >= 0.6 is 0 Å². The summed E-state index contributed by atoms with van der Waals surface area (Å²) in [6, 6.07) is 42.8. The highest BCUT2D eigenvalue weighted by Gasteiger charge is 2.23. The first-order valence-corrected chi connectivity index (χ1v) is 14.9. The SMILES string of the molecule is CC(C)(C)c1ccc2c(c1)c1c3ccccc3ccc1n2-c1ccc(-n2c3ccccc3c3ccccc32)c(C#N)c1C=N. The van der Waals surface area contributed by atoms with Crippen molar-refractivity contribution in [1.29, 1.82) is 10.7 Å². The molecule has 0 amide bonds. The van der Waals surface area contributed by atoms with Crippen molar-refractivity contribution in [3.63, 3.8) is 0 Å². The van der Waals surface area contributed by atoms with E-state index in [0.29, 0.717) is 11.1 Å². The molecule has 2 heterocycles. The largest absolute Gasteiger partial charge is 0.309 e. The summed E-state index contributed by atoms with van der Waals surface area (Å²) >= 11 is 0. The monoisotopic (exact) mass is 566 g/mol. The molecule has 44 heavy (non-hydrogen) atoms. The van der Waals surface area contributed by atoms with Gasteiger partial charge in [-0.1, -0.05) is 93.6 Å². The first-order valence-electron chi connectivity index (χ1n) is 14.9. The van der Waals surface area contributed by atoms with Gasteiger partial charge in [0.1, 0.15) is 6.07 Å². The lowest BCUT2D eigenvalue weighted by molar-refractivity contribution is 0.591. The second-order valence-electron chi connectivity index (χ2n) is 12.5. The van der Waals surface area contributed by atoms with E-state index in [0.717, 1.165) is 44.2 Å². The third-order valence-electron chi connectivity index (χ3n) is 9.04. The van der Waals surface area contributed by atoms with Crippen LogP contribution in [0.15, 0.2) is 115 Å². The molecular weight excluding hydrogens is 536 g/mol. The van der Waals surface area contributed by atoms with Crippen LogP contribution in [0.5, 0.6) is 0 Å². The van der Waals surface area contributed by atoms with Crippen molar-refractivity contribution in [1.82, 2.24) is 9.13 Å². The summed E-state index contributed by atoms with van der Waals surface area (Å²) in [5, 5.41) is 26.4. The number of nitrogens with zero attached hydrogens (tertiary/aromatic N) is 3. The number of hydrogen-bond donors (Lipinski definition) is 1. The van der Waals surface area contributed by atoms with Gasteiger partial charge in [-0.3, -0.25) is 0 Å². The molecule has 0 saturated carbocycles. The normalized spacial score (nSPS) is 12.0. The Hall–Kier alpha value is -5.66. The summed E-state index contributed by atoms with van der Waals surface area (Å²) in [6.45, 7) is 6.72. The van der Waals surface area contributed by atoms with Crippen LogP contribution in [0.3, 0.4) is 0 Å². The van der Waals surface area contributed by atoms with Crippen LogP contribution in [0.4, 0.5) is 0 Å². The summed E-state index contributed by atoms with van der Waals surface area (Å²) in [5.74, 6) is 0. The number of para-hydroxylation sites is 2. The maximum Gasteiger partial charge on any atom is 0.102 e. The van der Waals surface area contributed by atoms with E-state index in [1.165, 1.54) is 33.3 Å². The van der Waals surface area contributed by atoms with Crippen LogP contribution in [0.2, 0.25) is 0 Å². The molecule has 0 radical (unpaired) electrons. The first kappa shape index (κ1) is 26.0. The Labute approximate surface area is 255 Å². The molecule has 4 heteroatoms. The molecule has 0 aliphatic carbocycles. The molecule has 8 rings (SSSR count). The van der Waals surface area contributed by atoms with E-state index < -0.39 is 0 Å². The maximum atomic E-state index is 10.7. The van der Waals surface area contributed by atoms with Gasteiger partial charge in [0.15, 0.2) is 0 Å². The van der Waals surface area contributed by atoms with Crippen LogP contribution in [0.25, 0.3) is 65.8 Å². The van der Waals surface area contributed by atoms with Gasteiger partial charge in [0.2, 0.25) is 0 Å². The molecule has 8 aromatic rings. The van der Waals surface area contributed by atoms with Gasteiger partial charge in [0.25, 0.3) is 0 Å². The zero-order valence-corrected chi connectivity index (χ0v) is 24.9. The fourth-order valence-corrected chi connectivity index (χ4v) is 6.94. The van der Waals surface area contributed by atoms with E-state index >= 15 is 0 Å². The van der Waals surface area contributed by atoms with Crippen molar-refractivity contribution in [3.8, 4) is 17.4 Å². The van der Waals surface area contributed by atoms with Crippen molar-refractivity contribution in [2.75, 3.05) is 0 Å². The van der Waals surface area contributed by atoms with Gasteiger partial charge < -0.3 is 14.5 Å². The number of hydrogen-bond acceptors (Lipinski definition) is 2. The van der Waals surface area contributed by atoms with E-state index in [-0.39, 0.29) is 5.41 Å². The molecule has 0 saturated heterocycles. The molecule has 1 N–H and O–H groups in total. The topological polar surface area (TPSA) is 57.5 Å². The van der Waals surface area contributed by atoms with E-state index in [2.05, 4.69) is 121 Å². The minimum Gasteiger partial charge on any atom is -0.309 e. The van der Waals surface area contributed by atoms with E-state index in [1.54, 1.807) is 0 Å². The smallest absolute Gasteiger partial charge is 0.102 e.